The van der Waals surface area contributed by atoms with Crippen LogP contribution >= 0.6 is 0 Å². The monoisotopic (exact) mass is 394 g/mol. The maximum atomic E-state index is 13.2. The number of nitrogens with zero attached hydrogens (tertiary/aromatic N) is 2. The molecule has 0 spiro atoms. The average molecular weight is 394 g/mol. The molecule has 0 saturated carbocycles. The van der Waals surface area contributed by atoms with Crippen LogP contribution < -0.4 is 4.74 Å². The minimum Gasteiger partial charge on any atom is -0.497 e. The van der Waals surface area contributed by atoms with Gasteiger partial charge in [0.25, 0.3) is 10.0 Å². The van der Waals surface area contributed by atoms with Gasteiger partial charge in [-0.15, -0.1) is 0 Å². The van der Waals surface area contributed by atoms with E-state index in [-0.39, 0.29) is 11.4 Å². The maximum Gasteiger partial charge on any atom is 0.279 e. The largest absolute Gasteiger partial charge is 0.497 e. The molecule has 28 heavy (non-hydrogen) atoms. The second-order valence-electron chi connectivity index (χ2n) is 6.30. The normalized spacial score (nSPS) is 11.5. The van der Waals surface area contributed by atoms with E-state index in [1.807, 2.05) is 49.4 Å². The van der Waals surface area contributed by atoms with E-state index < -0.39 is 10.0 Å². The summed E-state index contributed by atoms with van der Waals surface area (Å²) in [6.45, 7) is 2.03. The fourth-order valence-electron chi connectivity index (χ4n) is 2.58. The van der Waals surface area contributed by atoms with Crippen LogP contribution in [-0.2, 0) is 16.6 Å². The van der Waals surface area contributed by atoms with Gasteiger partial charge in [-0.2, -0.15) is 17.9 Å². The Labute approximate surface area is 166 Å². The van der Waals surface area contributed by atoms with Crippen LogP contribution in [0.5, 0.6) is 5.75 Å². The van der Waals surface area contributed by atoms with Crippen LogP contribution in [0.4, 0.5) is 0 Å². The van der Waals surface area contributed by atoms with Crippen molar-refractivity contribution in [1.29, 1.82) is 0 Å². The highest BCUT2D eigenvalue weighted by atomic mass is 32.2. The third kappa shape index (κ3) is 4.78. The average Bonchev–Trinajstić information content (AvgIpc) is 2.72. The molecule has 0 radical (unpaired) electrons. The number of hydrogen-bond acceptors (Lipinski definition) is 4. The van der Waals surface area contributed by atoms with Crippen molar-refractivity contribution < 1.29 is 13.2 Å². The van der Waals surface area contributed by atoms with Gasteiger partial charge < -0.3 is 4.74 Å². The van der Waals surface area contributed by atoms with Gasteiger partial charge in [0.1, 0.15) is 5.75 Å². The smallest absolute Gasteiger partial charge is 0.279 e. The summed E-state index contributed by atoms with van der Waals surface area (Å²) in [6, 6.07) is 23.4. The Balaban J connectivity index is 1.95. The van der Waals surface area contributed by atoms with Gasteiger partial charge in [-0.25, -0.2) is 0 Å². The lowest BCUT2D eigenvalue weighted by Gasteiger charge is -2.19. The predicted octanol–water partition coefficient (Wildman–Crippen LogP) is 4.23. The summed E-state index contributed by atoms with van der Waals surface area (Å²) < 4.78 is 32.6. The summed E-state index contributed by atoms with van der Waals surface area (Å²) in [5.41, 5.74) is 2.62. The molecule has 3 aromatic carbocycles. The van der Waals surface area contributed by atoms with Crippen molar-refractivity contribution in [3.8, 4) is 5.75 Å². The summed E-state index contributed by atoms with van der Waals surface area (Å²) in [4.78, 5) is 0.205. The quantitative estimate of drug-likeness (QED) is 0.445. The first-order valence-electron chi connectivity index (χ1n) is 8.80. The molecule has 0 bridgehead atoms. The standard InChI is InChI=1S/C22H22N2O3S/c1-18-8-14-22(15-9-18)28(25,26)24(23-16-19-6-4-3-5-7-19)17-20-10-12-21(27-2)13-11-20/h3-16H,17H2,1-2H3/b23-16+. The zero-order valence-electron chi connectivity index (χ0n) is 15.8. The van der Waals surface area contributed by atoms with Crippen molar-refractivity contribution in [2.75, 3.05) is 7.11 Å². The Kier molecular flexibility index (Phi) is 6.11. The molecule has 0 atom stereocenters. The van der Waals surface area contributed by atoms with Gasteiger partial charge in [0.2, 0.25) is 0 Å². The molecule has 0 aliphatic rings. The first-order chi connectivity index (χ1) is 13.5. The lowest BCUT2D eigenvalue weighted by Crippen LogP contribution is -2.26. The van der Waals surface area contributed by atoms with Crippen LogP contribution in [0.15, 0.2) is 88.9 Å². The maximum absolute atomic E-state index is 13.2. The molecule has 0 unspecified atom stereocenters. The molecule has 0 heterocycles. The first-order valence-corrected chi connectivity index (χ1v) is 10.2. The number of methoxy groups -OCH3 is 1. The molecule has 0 aliphatic heterocycles. The zero-order valence-corrected chi connectivity index (χ0v) is 16.6. The van der Waals surface area contributed by atoms with E-state index in [1.165, 1.54) is 0 Å². The van der Waals surface area contributed by atoms with Crippen LogP contribution in [0.25, 0.3) is 0 Å². The van der Waals surface area contributed by atoms with E-state index in [0.29, 0.717) is 5.75 Å². The Hall–Kier alpha value is -3.12. The van der Waals surface area contributed by atoms with Gasteiger partial charge in [-0.1, -0.05) is 60.2 Å². The van der Waals surface area contributed by atoms with E-state index in [2.05, 4.69) is 5.10 Å². The van der Waals surface area contributed by atoms with Crippen LogP contribution in [-0.4, -0.2) is 26.2 Å². The van der Waals surface area contributed by atoms with E-state index in [1.54, 1.807) is 49.7 Å². The lowest BCUT2D eigenvalue weighted by atomic mass is 10.2. The summed E-state index contributed by atoms with van der Waals surface area (Å²) in [6.07, 6.45) is 1.55. The number of benzene rings is 3. The minimum atomic E-state index is -3.80. The highest BCUT2D eigenvalue weighted by Crippen LogP contribution is 2.21. The SMILES string of the molecule is COc1ccc(CN(/N=C/c2ccccc2)S(=O)(=O)c2ccc(C)cc2)cc1. The summed E-state index contributed by atoms with van der Waals surface area (Å²) >= 11 is 0. The van der Waals surface area contributed by atoms with E-state index in [9.17, 15) is 8.42 Å². The first kappa shape index (κ1) is 19.6. The molecule has 0 N–H and O–H groups in total. The molecular weight excluding hydrogens is 372 g/mol. The molecule has 144 valence electrons. The van der Waals surface area contributed by atoms with Gasteiger partial charge in [0.05, 0.1) is 24.8 Å². The van der Waals surface area contributed by atoms with Gasteiger partial charge in [-0.05, 0) is 42.3 Å². The number of sulfonamides is 1. The van der Waals surface area contributed by atoms with Crippen molar-refractivity contribution in [3.05, 3.63) is 95.6 Å². The van der Waals surface area contributed by atoms with Gasteiger partial charge >= 0.3 is 0 Å². The zero-order chi connectivity index (χ0) is 20.0. The van der Waals surface area contributed by atoms with Gasteiger partial charge in [0.15, 0.2) is 0 Å². The lowest BCUT2D eigenvalue weighted by molar-refractivity contribution is 0.412. The van der Waals surface area contributed by atoms with Crippen LogP contribution in [0.2, 0.25) is 0 Å². The third-order valence-electron chi connectivity index (χ3n) is 4.21. The number of ether oxygens (including phenoxy) is 1. The van der Waals surface area contributed by atoms with Crippen molar-refractivity contribution in [3.63, 3.8) is 0 Å². The van der Waals surface area contributed by atoms with Gasteiger partial charge in [0, 0.05) is 0 Å². The number of rotatable bonds is 7. The molecule has 6 heteroatoms. The van der Waals surface area contributed by atoms with Crippen molar-refractivity contribution >= 4 is 16.2 Å². The van der Waals surface area contributed by atoms with Crippen molar-refractivity contribution in [2.24, 2.45) is 5.10 Å². The fraction of sp³-hybridized carbons (Fsp3) is 0.136. The van der Waals surface area contributed by atoms with E-state index >= 15 is 0 Å². The molecule has 0 saturated heterocycles. The second kappa shape index (κ2) is 8.71. The van der Waals surface area contributed by atoms with Gasteiger partial charge in [-0.3, -0.25) is 0 Å². The fourth-order valence-corrected chi connectivity index (χ4v) is 3.79. The number of hydrogen-bond donors (Lipinski definition) is 0. The minimum absolute atomic E-state index is 0.115. The Morgan fingerprint density at radius 3 is 2.18 bits per heavy atom. The highest BCUT2D eigenvalue weighted by Gasteiger charge is 2.23. The van der Waals surface area contributed by atoms with Crippen LogP contribution in [0.3, 0.4) is 0 Å². The van der Waals surface area contributed by atoms with E-state index in [4.69, 9.17) is 4.74 Å². The third-order valence-corrected chi connectivity index (χ3v) is 5.85. The molecular formula is C22H22N2O3S. The van der Waals surface area contributed by atoms with Crippen LogP contribution in [0.1, 0.15) is 16.7 Å². The molecule has 0 fully saturated rings. The summed E-state index contributed by atoms with van der Waals surface area (Å²) in [5, 5.41) is 4.29. The van der Waals surface area contributed by atoms with Crippen molar-refractivity contribution in [2.45, 2.75) is 18.4 Å². The van der Waals surface area contributed by atoms with E-state index in [0.717, 1.165) is 21.1 Å². The summed E-state index contributed by atoms with van der Waals surface area (Å²) in [7, 11) is -2.21. The second-order valence-corrected chi connectivity index (χ2v) is 8.14. The molecule has 0 aliphatic carbocycles. The Morgan fingerprint density at radius 2 is 1.57 bits per heavy atom. The molecule has 3 rings (SSSR count). The molecule has 0 aromatic heterocycles. The highest BCUT2D eigenvalue weighted by molar-refractivity contribution is 7.89. The van der Waals surface area contributed by atoms with Crippen molar-refractivity contribution in [1.82, 2.24) is 4.41 Å². The number of hydrazone groups is 1. The van der Waals surface area contributed by atoms with Crippen LogP contribution in [0, 0.1) is 6.92 Å². The summed E-state index contributed by atoms with van der Waals surface area (Å²) in [5.74, 6) is 0.712. The molecule has 5 nitrogen and oxygen atoms in total. The molecule has 3 aromatic rings. The predicted molar refractivity (Wildman–Crippen MR) is 111 cm³/mol. The topological polar surface area (TPSA) is 59.0 Å². The Bertz CT molecular complexity index is 1030. The number of aryl methyl sites for hydroxylation is 1. The molecule has 0 amide bonds. The Morgan fingerprint density at radius 1 is 0.929 bits per heavy atom.